The summed E-state index contributed by atoms with van der Waals surface area (Å²) in [6.07, 6.45) is 3.09. The first kappa shape index (κ1) is 12.9. The molecule has 0 spiro atoms. The van der Waals surface area contributed by atoms with Crippen LogP contribution in [0.25, 0.3) is 0 Å². The molecule has 4 heteroatoms. The van der Waals surface area contributed by atoms with Gasteiger partial charge >= 0.3 is 0 Å². The number of phenolic OH excluding ortho intramolecular Hbond substituents is 1. The number of phenols is 1. The molecule has 2 rings (SSSR count). The molecule has 2 N–H and O–H groups in total. The molecule has 1 aliphatic rings. The molecular weight excluding hydrogens is 230 g/mol. The van der Waals surface area contributed by atoms with E-state index in [2.05, 4.69) is 5.32 Å². The number of nitrogens with one attached hydrogen (secondary N) is 1. The third-order valence-electron chi connectivity index (χ3n) is 3.67. The molecule has 0 unspecified atom stereocenters. The highest BCUT2D eigenvalue weighted by atomic mass is 16.5. The molecule has 1 aromatic carbocycles. The third-order valence-corrected chi connectivity index (χ3v) is 3.67. The minimum atomic E-state index is -0.250. The second-order valence-corrected chi connectivity index (χ2v) is 4.94. The van der Waals surface area contributed by atoms with E-state index in [1.54, 1.807) is 25.3 Å². The fraction of sp³-hybridized carbons (Fsp3) is 0.500. The van der Waals surface area contributed by atoms with Gasteiger partial charge in [-0.15, -0.1) is 0 Å². The van der Waals surface area contributed by atoms with Crippen LogP contribution < -0.4 is 5.32 Å². The molecule has 0 atom stereocenters. The Bertz CT molecular complexity index is 447. The second-order valence-electron chi connectivity index (χ2n) is 4.94. The summed E-state index contributed by atoms with van der Waals surface area (Å²) in [6.45, 7) is 2.38. The number of aryl methyl sites for hydroxylation is 1. The highest BCUT2D eigenvalue weighted by Gasteiger charge is 2.37. The maximum atomic E-state index is 12.0. The molecule has 0 heterocycles. The van der Waals surface area contributed by atoms with Gasteiger partial charge in [-0.2, -0.15) is 0 Å². The first-order chi connectivity index (χ1) is 8.56. The summed E-state index contributed by atoms with van der Waals surface area (Å²) in [5, 5.41) is 12.5. The highest BCUT2D eigenvalue weighted by molar-refractivity contribution is 5.97. The maximum Gasteiger partial charge on any atom is 0.255 e. The van der Waals surface area contributed by atoms with Gasteiger partial charge in [0.15, 0.2) is 0 Å². The van der Waals surface area contributed by atoms with E-state index in [0.29, 0.717) is 12.1 Å². The normalized spacial score (nSPS) is 17.0. The number of rotatable bonds is 4. The van der Waals surface area contributed by atoms with Gasteiger partial charge in [-0.05, 0) is 38.3 Å². The van der Waals surface area contributed by atoms with Gasteiger partial charge < -0.3 is 15.2 Å². The summed E-state index contributed by atoms with van der Waals surface area (Å²) < 4.78 is 5.44. The predicted molar refractivity (Wildman–Crippen MR) is 68.8 cm³/mol. The van der Waals surface area contributed by atoms with Gasteiger partial charge in [-0.25, -0.2) is 0 Å². The van der Waals surface area contributed by atoms with Gasteiger partial charge in [0.25, 0.3) is 5.91 Å². The molecule has 1 aliphatic carbocycles. The topological polar surface area (TPSA) is 58.6 Å². The molecule has 1 amide bonds. The fourth-order valence-electron chi connectivity index (χ4n) is 2.19. The van der Waals surface area contributed by atoms with Crippen molar-refractivity contribution in [3.8, 4) is 5.75 Å². The van der Waals surface area contributed by atoms with Gasteiger partial charge in [0.2, 0.25) is 0 Å². The molecule has 0 bridgehead atoms. The summed E-state index contributed by atoms with van der Waals surface area (Å²) >= 11 is 0. The fourth-order valence-corrected chi connectivity index (χ4v) is 2.19. The Labute approximate surface area is 107 Å². The Balaban J connectivity index is 2.01. The smallest absolute Gasteiger partial charge is 0.255 e. The quantitative estimate of drug-likeness (QED) is 0.858. The average molecular weight is 249 g/mol. The van der Waals surface area contributed by atoms with Crippen LogP contribution in [0, 0.1) is 6.92 Å². The summed E-state index contributed by atoms with van der Waals surface area (Å²) in [5.41, 5.74) is 1.07. The summed E-state index contributed by atoms with van der Waals surface area (Å²) in [5.74, 6) is -0.238. The van der Waals surface area contributed by atoms with Crippen LogP contribution in [0.2, 0.25) is 0 Å². The predicted octanol–water partition coefficient (Wildman–Crippen LogP) is 2.00. The number of aromatic hydroxyl groups is 1. The van der Waals surface area contributed by atoms with Gasteiger partial charge in [-0.1, -0.05) is 11.6 Å². The molecule has 18 heavy (non-hydrogen) atoms. The van der Waals surface area contributed by atoms with Crippen molar-refractivity contribution in [3.63, 3.8) is 0 Å². The molecule has 1 fully saturated rings. The Hall–Kier alpha value is -1.55. The van der Waals surface area contributed by atoms with Crippen LogP contribution in [0.5, 0.6) is 5.75 Å². The number of ether oxygens (including phenoxy) is 1. The van der Waals surface area contributed by atoms with Crippen molar-refractivity contribution in [1.82, 2.24) is 5.32 Å². The lowest BCUT2D eigenvalue weighted by molar-refractivity contribution is -0.0679. The van der Waals surface area contributed by atoms with Gasteiger partial charge in [0.1, 0.15) is 5.75 Å². The zero-order chi connectivity index (χ0) is 13.2. The largest absolute Gasteiger partial charge is 0.507 e. The van der Waals surface area contributed by atoms with Gasteiger partial charge in [0.05, 0.1) is 11.2 Å². The third kappa shape index (κ3) is 2.48. The number of carbonyl (C=O) groups is 1. The zero-order valence-corrected chi connectivity index (χ0v) is 10.8. The Morgan fingerprint density at radius 1 is 1.50 bits per heavy atom. The number of methoxy groups -OCH3 is 1. The number of hydrogen-bond acceptors (Lipinski definition) is 3. The number of hydrogen-bond donors (Lipinski definition) is 2. The average Bonchev–Trinajstić information content (AvgIpc) is 2.31. The van der Waals surface area contributed by atoms with Crippen LogP contribution in [0.15, 0.2) is 18.2 Å². The van der Waals surface area contributed by atoms with Crippen molar-refractivity contribution in [1.29, 1.82) is 0 Å². The van der Waals surface area contributed by atoms with Crippen LogP contribution >= 0.6 is 0 Å². The van der Waals surface area contributed by atoms with Crippen molar-refractivity contribution in [3.05, 3.63) is 29.3 Å². The van der Waals surface area contributed by atoms with E-state index >= 15 is 0 Å². The summed E-state index contributed by atoms with van der Waals surface area (Å²) in [4.78, 5) is 12.0. The molecule has 0 saturated heterocycles. The van der Waals surface area contributed by atoms with E-state index in [9.17, 15) is 9.90 Å². The minimum absolute atomic E-state index is 0.0122. The molecule has 0 aliphatic heterocycles. The van der Waals surface area contributed by atoms with Gasteiger partial charge in [-0.3, -0.25) is 4.79 Å². The van der Waals surface area contributed by atoms with E-state index in [4.69, 9.17) is 4.74 Å². The first-order valence-electron chi connectivity index (χ1n) is 6.19. The van der Waals surface area contributed by atoms with Crippen LogP contribution in [-0.4, -0.2) is 30.3 Å². The SMILES string of the molecule is COC1(CNC(=O)c2cc(C)ccc2O)CCC1. The van der Waals surface area contributed by atoms with Crippen molar-refractivity contribution in [2.24, 2.45) is 0 Å². The number of amides is 1. The lowest BCUT2D eigenvalue weighted by atomic mass is 9.80. The molecule has 1 aromatic rings. The first-order valence-corrected chi connectivity index (χ1v) is 6.19. The molecule has 0 aromatic heterocycles. The minimum Gasteiger partial charge on any atom is -0.507 e. The van der Waals surface area contributed by atoms with E-state index in [0.717, 1.165) is 24.8 Å². The lowest BCUT2D eigenvalue weighted by Gasteiger charge is -2.40. The Morgan fingerprint density at radius 2 is 2.22 bits per heavy atom. The second kappa shape index (κ2) is 4.98. The van der Waals surface area contributed by atoms with Crippen molar-refractivity contribution in [2.75, 3.05) is 13.7 Å². The van der Waals surface area contributed by atoms with Crippen LogP contribution in [-0.2, 0) is 4.74 Å². The molecular formula is C14H19NO3. The van der Waals surface area contributed by atoms with E-state index in [1.165, 1.54) is 0 Å². The number of carbonyl (C=O) groups excluding carboxylic acids is 1. The molecule has 4 nitrogen and oxygen atoms in total. The van der Waals surface area contributed by atoms with E-state index < -0.39 is 0 Å². The Morgan fingerprint density at radius 3 is 2.78 bits per heavy atom. The van der Waals surface area contributed by atoms with E-state index in [-0.39, 0.29) is 17.3 Å². The number of benzene rings is 1. The summed E-state index contributed by atoms with van der Waals surface area (Å²) in [7, 11) is 1.68. The lowest BCUT2D eigenvalue weighted by Crippen LogP contribution is -2.49. The molecule has 1 saturated carbocycles. The van der Waals surface area contributed by atoms with E-state index in [1.807, 2.05) is 6.92 Å². The summed E-state index contributed by atoms with van der Waals surface area (Å²) in [6, 6.07) is 5.00. The highest BCUT2D eigenvalue weighted by Crippen LogP contribution is 2.34. The zero-order valence-electron chi connectivity index (χ0n) is 10.8. The van der Waals surface area contributed by atoms with Crippen LogP contribution in [0.4, 0.5) is 0 Å². The maximum absolute atomic E-state index is 12.0. The molecule has 98 valence electrons. The monoisotopic (exact) mass is 249 g/mol. The van der Waals surface area contributed by atoms with Crippen molar-refractivity contribution >= 4 is 5.91 Å². The Kier molecular flexibility index (Phi) is 3.57. The molecule has 0 radical (unpaired) electrons. The standard InChI is InChI=1S/C14H19NO3/c1-10-4-5-12(16)11(8-10)13(17)15-9-14(18-2)6-3-7-14/h4-5,8,16H,3,6-7,9H2,1-2H3,(H,15,17). The van der Waals surface area contributed by atoms with Gasteiger partial charge in [0, 0.05) is 13.7 Å². The van der Waals surface area contributed by atoms with Crippen LogP contribution in [0.3, 0.4) is 0 Å². The van der Waals surface area contributed by atoms with Crippen LogP contribution in [0.1, 0.15) is 35.2 Å². The van der Waals surface area contributed by atoms with Crippen molar-refractivity contribution in [2.45, 2.75) is 31.8 Å². The van der Waals surface area contributed by atoms with Crippen molar-refractivity contribution < 1.29 is 14.6 Å².